The number of rotatable bonds is 8. The van der Waals surface area contributed by atoms with Gasteiger partial charge in [0.2, 0.25) is 10.0 Å². The largest absolute Gasteiger partial charge is 0.314 e. The Hall–Kier alpha value is -0.130. The molecule has 0 spiro atoms. The second kappa shape index (κ2) is 5.93. The molecule has 20 heavy (non-hydrogen) atoms. The molecule has 0 saturated heterocycles. The van der Waals surface area contributed by atoms with Crippen LogP contribution in [0, 0.1) is 17.8 Å². The van der Waals surface area contributed by atoms with Gasteiger partial charge in [-0.15, -0.1) is 0 Å². The second-order valence-electron chi connectivity index (χ2n) is 7.11. The van der Waals surface area contributed by atoms with Gasteiger partial charge in [-0.1, -0.05) is 6.42 Å². The molecule has 0 aromatic carbocycles. The number of hydrogen-bond acceptors (Lipinski definition) is 3. The molecule has 0 heterocycles. The van der Waals surface area contributed by atoms with Gasteiger partial charge in [0, 0.05) is 19.6 Å². The first-order chi connectivity index (χ1) is 9.54. The predicted octanol–water partition coefficient (Wildman–Crippen LogP) is 1.83. The highest BCUT2D eigenvalue weighted by molar-refractivity contribution is 7.89. The fourth-order valence-electron chi connectivity index (χ4n) is 4.05. The van der Waals surface area contributed by atoms with E-state index in [9.17, 15) is 8.42 Å². The number of fused-ring (bicyclic) bond motifs is 2. The molecule has 2 bridgehead atoms. The van der Waals surface area contributed by atoms with E-state index < -0.39 is 10.0 Å². The third kappa shape index (κ3) is 3.55. The number of nitrogens with one attached hydrogen (secondary N) is 1. The maximum absolute atomic E-state index is 12.3. The van der Waals surface area contributed by atoms with Crippen LogP contribution in [0.3, 0.4) is 0 Å². The van der Waals surface area contributed by atoms with Crippen molar-refractivity contribution in [1.82, 2.24) is 9.62 Å². The Bertz CT molecular complexity index is 433. The van der Waals surface area contributed by atoms with Crippen molar-refractivity contribution in [2.75, 3.05) is 25.9 Å². The first-order valence-electron chi connectivity index (χ1n) is 8.22. The summed E-state index contributed by atoms with van der Waals surface area (Å²) in [7, 11) is -1.28. The molecular formula is C15H28N2O2S. The summed E-state index contributed by atoms with van der Waals surface area (Å²) in [6.07, 6.45) is 8.57. The lowest BCUT2D eigenvalue weighted by Crippen LogP contribution is -2.36. The van der Waals surface area contributed by atoms with E-state index in [0.717, 1.165) is 31.3 Å². The van der Waals surface area contributed by atoms with E-state index >= 15 is 0 Å². The fourth-order valence-corrected chi connectivity index (χ4v) is 5.29. The lowest BCUT2D eigenvalue weighted by Gasteiger charge is -2.26. The van der Waals surface area contributed by atoms with Crippen LogP contribution in [0.15, 0.2) is 0 Å². The van der Waals surface area contributed by atoms with Gasteiger partial charge in [-0.25, -0.2) is 12.7 Å². The Kier molecular flexibility index (Phi) is 4.39. The Balaban J connectivity index is 1.41. The van der Waals surface area contributed by atoms with Crippen molar-refractivity contribution in [2.45, 2.75) is 51.0 Å². The number of hydrogen-bond donors (Lipinski definition) is 1. The highest BCUT2D eigenvalue weighted by atomic mass is 32.2. The van der Waals surface area contributed by atoms with E-state index in [1.54, 1.807) is 11.4 Å². The van der Waals surface area contributed by atoms with E-state index in [0.29, 0.717) is 17.7 Å². The molecule has 3 atom stereocenters. The third-order valence-electron chi connectivity index (χ3n) is 5.44. The van der Waals surface area contributed by atoms with E-state index in [-0.39, 0.29) is 0 Å². The third-order valence-corrected chi connectivity index (χ3v) is 7.34. The van der Waals surface area contributed by atoms with Crippen LogP contribution in [0.1, 0.15) is 44.9 Å². The molecule has 3 aliphatic rings. The van der Waals surface area contributed by atoms with Crippen molar-refractivity contribution in [2.24, 2.45) is 17.8 Å². The van der Waals surface area contributed by atoms with Gasteiger partial charge in [0.05, 0.1) is 5.75 Å². The normalized spacial score (nSPS) is 33.2. The number of sulfonamides is 1. The topological polar surface area (TPSA) is 49.4 Å². The minimum atomic E-state index is -3.05. The highest BCUT2D eigenvalue weighted by Crippen LogP contribution is 2.48. The van der Waals surface area contributed by atoms with Gasteiger partial charge in [0.25, 0.3) is 0 Å². The zero-order valence-electron chi connectivity index (χ0n) is 12.6. The average Bonchev–Trinajstić information content (AvgIpc) is 3.00. The summed E-state index contributed by atoms with van der Waals surface area (Å²) in [6, 6.07) is 0.671. The minimum absolute atomic E-state index is 0.296. The minimum Gasteiger partial charge on any atom is -0.314 e. The van der Waals surface area contributed by atoms with Crippen LogP contribution in [0.2, 0.25) is 0 Å². The molecular weight excluding hydrogens is 272 g/mol. The number of nitrogens with zero attached hydrogens (tertiary/aromatic N) is 1. The molecule has 0 amide bonds. The van der Waals surface area contributed by atoms with Crippen LogP contribution >= 0.6 is 0 Å². The lowest BCUT2D eigenvalue weighted by molar-refractivity contribution is 0.280. The van der Waals surface area contributed by atoms with Crippen molar-refractivity contribution < 1.29 is 8.42 Å². The first-order valence-corrected chi connectivity index (χ1v) is 9.83. The van der Waals surface area contributed by atoms with Crippen LogP contribution in [0.4, 0.5) is 0 Å². The maximum Gasteiger partial charge on any atom is 0.213 e. The molecule has 4 nitrogen and oxygen atoms in total. The monoisotopic (exact) mass is 300 g/mol. The van der Waals surface area contributed by atoms with Gasteiger partial charge in [-0.3, -0.25) is 0 Å². The quantitative estimate of drug-likeness (QED) is 0.696. The van der Waals surface area contributed by atoms with Crippen molar-refractivity contribution in [3.05, 3.63) is 0 Å². The summed E-state index contributed by atoms with van der Waals surface area (Å²) in [5.74, 6) is 2.61. The lowest BCUT2D eigenvalue weighted by atomic mass is 9.89. The van der Waals surface area contributed by atoms with Crippen molar-refractivity contribution in [3.8, 4) is 0 Å². The molecule has 0 aromatic heterocycles. The zero-order chi connectivity index (χ0) is 14.2. The molecule has 5 heteroatoms. The maximum atomic E-state index is 12.3. The molecule has 3 fully saturated rings. The Morgan fingerprint density at radius 2 is 1.95 bits per heavy atom. The van der Waals surface area contributed by atoms with Crippen LogP contribution in [-0.4, -0.2) is 44.7 Å². The van der Waals surface area contributed by atoms with E-state index in [1.165, 1.54) is 38.5 Å². The fraction of sp³-hybridized carbons (Fsp3) is 1.00. The standard InChI is InChI=1S/C15H28N2O2S/c1-17(11-14-10-12-3-4-13(14)9-12)20(18,19)8-2-7-16-15-5-6-15/h12-16H,2-11H2,1H3. The van der Waals surface area contributed by atoms with Crippen LogP contribution in [-0.2, 0) is 10.0 Å². The first kappa shape index (κ1) is 14.8. The highest BCUT2D eigenvalue weighted by Gasteiger charge is 2.40. The summed E-state index contributed by atoms with van der Waals surface area (Å²) in [6.45, 7) is 1.59. The summed E-state index contributed by atoms with van der Waals surface area (Å²) in [4.78, 5) is 0. The SMILES string of the molecule is CN(CC1CC2CCC1C2)S(=O)(=O)CCCNC1CC1. The van der Waals surface area contributed by atoms with E-state index in [4.69, 9.17) is 0 Å². The molecule has 3 unspecified atom stereocenters. The Morgan fingerprint density at radius 1 is 1.15 bits per heavy atom. The Labute approximate surface area is 123 Å². The molecule has 3 aliphatic carbocycles. The smallest absolute Gasteiger partial charge is 0.213 e. The summed E-state index contributed by atoms with van der Waals surface area (Å²) in [5.41, 5.74) is 0. The zero-order valence-corrected chi connectivity index (χ0v) is 13.4. The molecule has 116 valence electrons. The van der Waals surface area contributed by atoms with Gasteiger partial charge in [0.1, 0.15) is 0 Å². The van der Waals surface area contributed by atoms with Gasteiger partial charge < -0.3 is 5.32 Å². The van der Waals surface area contributed by atoms with Crippen LogP contribution in [0.25, 0.3) is 0 Å². The van der Waals surface area contributed by atoms with Gasteiger partial charge in [0.15, 0.2) is 0 Å². The van der Waals surface area contributed by atoms with Gasteiger partial charge in [-0.05, 0) is 62.8 Å². The molecule has 0 radical (unpaired) electrons. The Morgan fingerprint density at radius 3 is 2.55 bits per heavy atom. The predicted molar refractivity (Wildman–Crippen MR) is 81.0 cm³/mol. The average molecular weight is 300 g/mol. The van der Waals surface area contributed by atoms with Crippen molar-refractivity contribution in [3.63, 3.8) is 0 Å². The molecule has 3 saturated carbocycles. The second-order valence-corrected chi connectivity index (χ2v) is 9.31. The van der Waals surface area contributed by atoms with E-state index in [2.05, 4.69) is 5.32 Å². The van der Waals surface area contributed by atoms with Crippen LogP contribution < -0.4 is 5.32 Å². The van der Waals surface area contributed by atoms with E-state index in [1.807, 2.05) is 0 Å². The van der Waals surface area contributed by atoms with Crippen LogP contribution in [0.5, 0.6) is 0 Å². The molecule has 3 rings (SSSR count). The summed E-state index contributed by atoms with van der Waals surface area (Å²) in [5, 5.41) is 3.38. The van der Waals surface area contributed by atoms with Crippen molar-refractivity contribution in [1.29, 1.82) is 0 Å². The van der Waals surface area contributed by atoms with Gasteiger partial charge >= 0.3 is 0 Å². The summed E-state index contributed by atoms with van der Waals surface area (Å²) >= 11 is 0. The van der Waals surface area contributed by atoms with Gasteiger partial charge in [-0.2, -0.15) is 0 Å². The molecule has 1 N–H and O–H groups in total. The molecule has 0 aromatic rings. The summed E-state index contributed by atoms with van der Waals surface area (Å²) < 4.78 is 26.2. The molecule has 0 aliphatic heterocycles. The van der Waals surface area contributed by atoms with Crippen molar-refractivity contribution >= 4 is 10.0 Å².